The van der Waals surface area contributed by atoms with Crippen LogP contribution in [0.15, 0.2) is 23.1 Å². The van der Waals surface area contributed by atoms with Gasteiger partial charge < -0.3 is 10.3 Å². The van der Waals surface area contributed by atoms with E-state index in [1.165, 1.54) is 18.3 Å². The van der Waals surface area contributed by atoms with Crippen molar-refractivity contribution in [2.45, 2.75) is 6.92 Å². The van der Waals surface area contributed by atoms with Crippen LogP contribution in [0.2, 0.25) is 0 Å². The van der Waals surface area contributed by atoms with E-state index in [9.17, 15) is 9.59 Å². The SMILES string of the molecule is CC#CCNC(=O)c1cc[nH]c(=O)c1. The number of H-pyrrole nitrogens is 1. The van der Waals surface area contributed by atoms with Gasteiger partial charge in [-0.15, -0.1) is 5.92 Å². The molecule has 0 atom stereocenters. The van der Waals surface area contributed by atoms with Crippen LogP contribution in [0.4, 0.5) is 0 Å². The fourth-order valence-corrected chi connectivity index (χ4v) is 0.901. The second-order valence-corrected chi connectivity index (χ2v) is 2.55. The number of carbonyl (C=O) groups is 1. The molecule has 1 aromatic heterocycles. The van der Waals surface area contributed by atoms with E-state index in [0.29, 0.717) is 12.1 Å². The fourth-order valence-electron chi connectivity index (χ4n) is 0.901. The van der Waals surface area contributed by atoms with Crippen LogP contribution in [-0.4, -0.2) is 17.4 Å². The van der Waals surface area contributed by atoms with E-state index < -0.39 is 0 Å². The highest BCUT2D eigenvalue weighted by Crippen LogP contribution is 1.91. The fraction of sp³-hybridized carbons (Fsp3) is 0.200. The van der Waals surface area contributed by atoms with E-state index in [-0.39, 0.29) is 11.5 Å². The van der Waals surface area contributed by atoms with Crippen LogP contribution in [0.5, 0.6) is 0 Å². The number of pyridine rings is 1. The zero-order chi connectivity index (χ0) is 10.4. The van der Waals surface area contributed by atoms with Crippen molar-refractivity contribution in [2.75, 3.05) is 6.54 Å². The van der Waals surface area contributed by atoms with Gasteiger partial charge in [-0.3, -0.25) is 9.59 Å². The van der Waals surface area contributed by atoms with Gasteiger partial charge in [-0.25, -0.2) is 0 Å². The molecule has 0 unspecified atom stereocenters. The van der Waals surface area contributed by atoms with E-state index >= 15 is 0 Å². The third-order valence-electron chi connectivity index (χ3n) is 1.55. The van der Waals surface area contributed by atoms with Gasteiger partial charge in [-0.1, -0.05) is 5.92 Å². The predicted molar refractivity (Wildman–Crippen MR) is 52.8 cm³/mol. The Morgan fingerprint density at radius 1 is 1.64 bits per heavy atom. The van der Waals surface area contributed by atoms with Gasteiger partial charge in [0, 0.05) is 17.8 Å². The summed E-state index contributed by atoms with van der Waals surface area (Å²) < 4.78 is 0. The van der Waals surface area contributed by atoms with Crippen LogP contribution in [0, 0.1) is 11.8 Å². The van der Waals surface area contributed by atoms with Crippen molar-refractivity contribution < 1.29 is 4.79 Å². The highest BCUT2D eigenvalue weighted by atomic mass is 16.2. The van der Waals surface area contributed by atoms with Crippen molar-refractivity contribution in [3.63, 3.8) is 0 Å². The van der Waals surface area contributed by atoms with Gasteiger partial charge in [-0.2, -0.15) is 0 Å². The number of hydrogen-bond donors (Lipinski definition) is 2. The molecule has 0 aliphatic rings. The van der Waals surface area contributed by atoms with Crippen LogP contribution in [0.25, 0.3) is 0 Å². The number of nitrogens with one attached hydrogen (secondary N) is 2. The van der Waals surface area contributed by atoms with Crippen LogP contribution in [0.3, 0.4) is 0 Å². The van der Waals surface area contributed by atoms with Crippen molar-refractivity contribution in [3.8, 4) is 11.8 Å². The lowest BCUT2D eigenvalue weighted by Crippen LogP contribution is -2.24. The Morgan fingerprint density at radius 3 is 3.07 bits per heavy atom. The molecule has 0 spiro atoms. The van der Waals surface area contributed by atoms with E-state index in [1.807, 2.05) is 0 Å². The van der Waals surface area contributed by atoms with E-state index in [4.69, 9.17) is 0 Å². The van der Waals surface area contributed by atoms with Crippen molar-refractivity contribution >= 4 is 5.91 Å². The molecule has 1 heterocycles. The number of aromatic amines is 1. The molecule has 1 aromatic rings. The Hall–Kier alpha value is -2.02. The Morgan fingerprint density at radius 2 is 2.43 bits per heavy atom. The number of amides is 1. The van der Waals surface area contributed by atoms with Crippen LogP contribution in [-0.2, 0) is 0 Å². The van der Waals surface area contributed by atoms with Gasteiger partial charge in [0.2, 0.25) is 5.56 Å². The van der Waals surface area contributed by atoms with Crippen molar-refractivity contribution in [1.29, 1.82) is 0 Å². The lowest BCUT2D eigenvalue weighted by atomic mass is 10.2. The maximum absolute atomic E-state index is 11.3. The number of aromatic nitrogens is 1. The van der Waals surface area contributed by atoms with Gasteiger partial charge in [-0.05, 0) is 13.0 Å². The first kappa shape index (κ1) is 10.1. The number of carbonyl (C=O) groups excluding carboxylic acids is 1. The minimum atomic E-state index is -0.293. The van der Waals surface area contributed by atoms with Gasteiger partial charge in [0.15, 0.2) is 0 Å². The summed E-state index contributed by atoms with van der Waals surface area (Å²) in [5, 5.41) is 2.56. The van der Waals surface area contributed by atoms with Gasteiger partial charge in [0.05, 0.1) is 6.54 Å². The van der Waals surface area contributed by atoms with Gasteiger partial charge >= 0.3 is 0 Å². The molecule has 2 N–H and O–H groups in total. The van der Waals surface area contributed by atoms with Gasteiger partial charge in [0.25, 0.3) is 5.91 Å². The quantitative estimate of drug-likeness (QED) is 0.651. The normalized spacial score (nSPS) is 8.64. The average Bonchev–Trinajstić information content (AvgIpc) is 2.18. The molecular weight excluding hydrogens is 180 g/mol. The van der Waals surface area contributed by atoms with E-state index in [1.54, 1.807) is 6.92 Å². The molecule has 4 nitrogen and oxygen atoms in total. The number of hydrogen-bond acceptors (Lipinski definition) is 2. The van der Waals surface area contributed by atoms with Crippen molar-refractivity contribution in [1.82, 2.24) is 10.3 Å². The third kappa shape index (κ3) is 2.79. The zero-order valence-electron chi connectivity index (χ0n) is 7.76. The zero-order valence-corrected chi connectivity index (χ0v) is 7.76. The van der Waals surface area contributed by atoms with Crippen LogP contribution < -0.4 is 10.9 Å². The summed E-state index contributed by atoms with van der Waals surface area (Å²) in [5.41, 5.74) is 0.0471. The van der Waals surface area contributed by atoms with Crippen molar-refractivity contribution in [2.24, 2.45) is 0 Å². The summed E-state index contributed by atoms with van der Waals surface area (Å²) in [4.78, 5) is 24.6. The first-order chi connectivity index (χ1) is 6.74. The largest absolute Gasteiger partial charge is 0.341 e. The molecule has 0 aliphatic carbocycles. The van der Waals surface area contributed by atoms with E-state index in [2.05, 4.69) is 22.1 Å². The Balaban J connectivity index is 2.68. The summed E-state index contributed by atoms with van der Waals surface area (Å²) in [6.07, 6.45) is 1.43. The molecule has 1 amide bonds. The maximum Gasteiger partial charge on any atom is 0.252 e. The van der Waals surface area contributed by atoms with Crippen LogP contribution >= 0.6 is 0 Å². The molecule has 0 saturated carbocycles. The Bertz CT molecular complexity index is 437. The second kappa shape index (κ2) is 4.87. The average molecular weight is 190 g/mol. The van der Waals surface area contributed by atoms with Gasteiger partial charge in [0.1, 0.15) is 0 Å². The monoisotopic (exact) mass is 190 g/mol. The minimum Gasteiger partial charge on any atom is -0.341 e. The smallest absolute Gasteiger partial charge is 0.252 e. The summed E-state index contributed by atoms with van der Waals surface area (Å²) in [6, 6.07) is 2.78. The molecule has 0 bridgehead atoms. The number of rotatable bonds is 2. The topological polar surface area (TPSA) is 62.0 Å². The lowest BCUT2D eigenvalue weighted by Gasteiger charge is -1.99. The summed E-state index contributed by atoms with van der Waals surface area (Å²) >= 11 is 0. The molecule has 0 aromatic carbocycles. The summed E-state index contributed by atoms with van der Waals surface area (Å²) in [6.45, 7) is 1.99. The molecule has 0 aliphatic heterocycles. The first-order valence-electron chi connectivity index (χ1n) is 4.10. The molecular formula is C10H10N2O2. The van der Waals surface area contributed by atoms with Crippen molar-refractivity contribution in [3.05, 3.63) is 34.2 Å². The lowest BCUT2D eigenvalue weighted by molar-refractivity contribution is 0.0958. The highest BCUT2D eigenvalue weighted by molar-refractivity contribution is 5.94. The van der Waals surface area contributed by atoms with Crippen LogP contribution in [0.1, 0.15) is 17.3 Å². The maximum atomic E-state index is 11.3. The molecule has 0 saturated heterocycles. The summed E-state index contributed by atoms with van der Waals surface area (Å²) in [5.74, 6) is 5.06. The predicted octanol–water partition coefficient (Wildman–Crippen LogP) is 0.128. The third-order valence-corrected chi connectivity index (χ3v) is 1.55. The molecule has 0 fully saturated rings. The highest BCUT2D eigenvalue weighted by Gasteiger charge is 2.03. The second-order valence-electron chi connectivity index (χ2n) is 2.55. The Kier molecular flexibility index (Phi) is 3.50. The van der Waals surface area contributed by atoms with E-state index in [0.717, 1.165) is 0 Å². The minimum absolute atomic E-state index is 0.292. The molecule has 72 valence electrons. The molecule has 1 rings (SSSR count). The Labute approximate surface area is 81.3 Å². The molecule has 14 heavy (non-hydrogen) atoms. The molecule has 0 radical (unpaired) electrons. The molecule has 4 heteroatoms. The standard InChI is InChI=1S/C10H10N2O2/c1-2-3-5-12-10(14)8-4-6-11-9(13)7-8/h4,6-7H,5H2,1H3,(H,11,13)(H,12,14). The summed E-state index contributed by atoms with van der Waals surface area (Å²) in [7, 11) is 0. The first-order valence-corrected chi connectivity index (χ1v) is 4.10.